The van der Waals surface area contributed by atoms with Gasteiger partial charge in [-0.25, -0.2) is 24.3 Å². The number of anilines is 4. The van der Waals surface area contributed by atoms with Crippen molar-refractivity contribution in [3.05, 3.63) is 54.0 Å². The maximum absolute atomic E-state index is 13.8. The molecule has 1 aromatic carbocycles. The number of rotatable bonds is 5. The van der Waals surface area contributed by atoms with Gasteiger partial charge in [0.1, 0.15) is 29.6 Å². The van der Waals surface area contributed by atoms with Crippen LogP contribution in [0.4, 0.5) is 27.5 Å². The lowest BCUT2D eigenvalue weighted by Crippen LogP contribution is -2.02. The van der Waals surface area contributed by atoms with Gasteiger partial charge in [0.25, 0.3) is 0 Å². The molecule has 0 aliphatic rings. The monoisotopic (exact) mass is 340 g/mol. The molecule has 0 saturated carbocycles. The van der Waals surface area contributed by atoms with Crippen molar-refractivity contribution in [2.45, 2.75) is 13.8 Å². The lowest BCUT2D eigenvalue weighted by atomic mass is 10.2. The largest absolute Gasteiger partial charge is 0.492 e. The van der Waals surface area contributed by atoms with Crippen LogP contribution in [0.15, 0.2) is 36.7 Å². The van der Waals surface area contributed by atoms with Crippen LogP contribution in [-0.4, -0.2) is 27.0 Å². The number of aromatic nitrogens is 4. The number of halogens is 1. The third kappa shape index (κ3) is 3.97. The highest BCUT2D eigenvalue weighted by Crippen LogP contribution is 2.30. The maximum atomic E-state index is 13.8. The molecule has 0 aliphatic carbocycles. The first-order chi connectivity index (χ1) is 12.0. The number of aryl methyl sites for hydroxylation is 2. The molecule has 7 nitrogen and oxygen atoms in total. The second-order valence-electron chi connectivity index (χ2n) is 5.30. The van der Waals surface area contributed by atoms with Gasteiger partial charge in [-0.3, -0.25) is 0 Å². The first-order valence-corrected chi connectivity index (χ1v) is 7.56. The van der Waals surface area contributed by atoms with E-state index in [1.54, 1.807) is 18.2 Å². The standard InChI is InChI=1S/C17H17FN6O/c1-10-7-16(22-11(2)21-10)24-15-8-14(19-9-20-15)23-13-6-4-5-12(18)17(13)25-3/h4-9H,1-3H3,(H2,19,20,21,22,23,24). The molecule has 0 fully saturated rings. The van der Waals surface area contributed by atoms with E-state index >= 15 is 0 Å². The Morgan fingerprint density at radius 1 is 0.960 bits per heavy atom. The zero-order valence-electron chi connectivity index (χ0n) is 14.0. The highest BCUT2D eigenvalue weighted by atomic mass is 19.1. The molecule has 0 spiro atoms. The Hall–Kier alpha value is -3.29. The molecule has 3 rings (SSSR count). The maximum Gasteiger partial charge on any atom is 0.178 e. The van der Waals surface area contributed by atoms with E-state index in [4.69, 9.17) is 4.74 Å². The molecule has 3 aromatic rings. The van der Waals surface area contributed by atoms with Crippen molar-refractivity contribution in [2.75, 3.05) is 17.7 Å². The lowest BCUT2D eigenvalue weighted by Gasteiger charge is -2.12. The first kappa shape index (κ1) is 16.6. The molecule has 0 saturated heterocycles. The minimum Gasteiger partial charge on any atom is -0.492 e. The van der Waals surface area contributed by atoms with Gasteiger partial charge in [0, 0.05) is 17.8 Å². The van der Waals surface area contributed by atoms with Gasteiger partial charge < -0.3 is 15.4 Å². The van der Waals surface area contributed by atoms with E-state index < -0.39 is 5.82 Å². The number of methoxy groups -OCH3 is 1. The zero-order valence-corrected chi connectivity index (χ0v) is 14.0. The molecule has 2 N–H and O–H groups in total. The normalized spacial score (nSPS) is 10.4. The van der Waals surface area contributed by atoms with Crippen molar-refractivity contribution in [1.82, 2.24) is 19.9 Å². The number of benzene rings is 1. The van der Waals surface area contributed by atoms with E-state index in [0.29, 0.717) is 29.0 Å². The molecule has 0 atom stereocenters. The number of hydrogen-bond acceptors (Lipinski definition) is 7. The first-order valence-electron chi connectivity index (χ1n) is 7.56. The van der Waals surface area contributed by atoms with Gasteiger partial charge in [0.15, 0.2) is 11.6 Å². The Balaban J connectivity index is 1.83. The van der Waals surface area contributed by atoms with Gasteiger partial charge in [-0.05, 0) is 26.0 Å². The van der Waals surface area contributed by atoms with Crippen LogP contribution >= 0.6 is 0 Å². The SMILES string of the molecule is COc1c(F)cccc1Nc1cc(Nc2cc(C)nc(C)n2)ncn1. The van der Waals surface area contributed by atoms with Gasteiger partial charge in [-0.15, -0.1) is 0 Å². The van der Waals surface area contributed by atoms with Crippen molar-refractivity contribution >= 4 is 23.1 Å². The molecule has 8 heteroatoms. The number of hydrogen-bond donors (Lipinski definition) is 2. The predicted octanol–water partition coefficient (Wildman–Crippen LogP) is 3.52. The Kier molecular flexibility index (Phi) is 4.69. The quantitative estimate of drug-likeness (QED) is 0.735. The van der Waals surface area contributed by atoms with Crippen LogP contribution in [0.1, 0.15) is 11.5 Å². The summed E-state index contributed by atoms with van der Waals surface area (Å²) in [6.45, 7) is 3.71. The average Bonchev–Trinajstić information content (AvgIpc) is 2.54. The number of nitrogens with zero attached hydrogens (tertiary/aromatic N) is 4. The zero-order chi connectivity index (χ0) is 17.8. The molecule has 0 amide bonds. The van der Waals surface area contributed by atoms with Gasteiger partial charge in [-0.1, -0.05) is 6.07 Å². The molecule has 0 unspecified atom stereocenters. The fourth-order valence-electron chi connectivity index (χ4n) is 2.36. The van der Waals surface area contributed by atoms with E-state index in [0.717, 1.165) is 5.69 Å². The van der Waals surface area contributed by atoms with Gasteiger partial charge in [-0.2, -0.15) is 0 Å². The minimum absolute atomic E-state index is 0.123. The predicted molar refractivity (Wildman–Crippen MR) is 93.1 cm³/mol. The van der Waals surface area contributed by atoms with Gasteiger partial charge in [0.2, 0.25) is 0 Å². The summed E-state index contributed by atoms with van der Waals surface area (Å²) in [5.41, 5.74) is 1.33. The molecule has 2 heterocycles. The summed E-state index contributed by atoms with van der Waals surface area (Å²) in [7, 11) is 1.41. The minimum atomic E-state index is -0.452. The van der Waals surface area contributed by atoms with E-state index in [1.165, 1.54) is 19.5 Å². The van der Waals surface area contributed by atoms with Crippen molar-refractivity contribution in [3.8, 4) is 5.75 Å². The summed E-state index contributed by atoms with van der Waals surface area (Å²) in [6, 6.07) is 8.13. The Morgan fingerprint density at radius 2 is 1.72 bits per heavy atom. The van der Waals surface area contributed by atoms with Crippen LogP contribution in [0.2, 0.25) is 0 Å². The second-order valence-corrected chi connectivity index (χ2v) is 5.30. The van der Waals surface area contributed by atoms with Crippen LogP contribution in [0.25, 0.3) is 0 Å². The smallest absolute Gasteiger partial charge is 0.178 e. The van der Waals surface area contributed by atoms with Gasteiger partial charge in [0.05, 0.1) is 12.8 Å². The molecule has 0 aliphatic heterocycles. The Morgan fingerprint density at radius 3 is 2.44 bits per heavy atom. The third-order valence-electron chi connectivity index (χ3n) is 3.32. The fourth-order valence-corrected chi connectivity index (χ4v) is 2.36. The molecular formula is C17H17FN6O. The lowest BCUT2D eigenvalue weighted by molar-refractivity contribution is 0.388. The van der Waals surface area contributed by atoms with Crippen molar-refractivity contribution < 1.29 is 9.13 Å². The van der Waals surface area contributed by atoms with E-state index in [9.17, 15) is 4.39 Å². The van der Waals surface area contributed by atoms with Crippen molar-refractivity contribution in [3.63, 3.8) is 0 Å². The van der Waals surface area contributed by atoms with Crippen LogP contribution in [0.3, 0.4) is 0 Å². The topological polar surface area (TPSA) is 84.9 Å². The Labute approximate surface area is 144 Å². The second kappa shape index (κ2) is 7.08. The van der Waals surface area contributed by atoms with E-state index in [-0.39, 0.29) is 5.75 Å². The average molecular weight is 340 g/mol. The number of nitrogens with one attached hydrogen (secondary N) is 2. The van der Waals surface area contributed by atoms with Crippen molar-refractivity contribution in [1.29, 1.82) is 0 Å². The summed E-state index contributed by atoms with van der Waals surface area (Å²) in [5.74, 6) is 2.01. The molecule has 0 radical (unpaired) electrons. The third-order valence-corrected chi connectivity index (χ3v) is 3.32. The highest BCUT2D eigenvalue weighted by molar-refractivity contribution is 5.66. The summed E-state index contributed by atoms with van der Waals surface area (Å²) < 4.78 is 18.9. The molecule has 0 bridgehead atoms. The highest BCUT2D eigenvalue weighted by Gasteiger charge is 2.10. The molecule has 2 aromatic heterocycles. The number of para-hydroxylation sites is 1. The molecule has 25 heavy (non-hydrogen) atoms. The van der Waals surface area contributed by atoms with Crippen LogP contribution < -0.4 is 15.4 Å². The molecular weight excluding hydrogens is 323 g/mol. The number of ether oxygens (including phenoxy) is 1. The van der Waals surface area contributed by atoms with Crippen LogP contribution in [0, 0.1) is 19.7 Å². The van der Waals surface area contributed by atoms with Gasteiger partial charge >= 0.3 is 0 Å². The molecule has 128 valence electrons. The van der Waals surface area contributed by atoms with Crippen LogP contribution in [0.5, 0.6) is 5.75 Å². The summed E-state index contributed by atoms with van der Waals surface area (Å²) in [6.07, 6.45) is 1.40. The Bertz CT molecular complexity index is 882. The van der Waals surface area contributed by atoms with Crippen LogP contribution in [-0.2, 0) is 0 Å². The van der Waals surface area contributed by atoms with Crippen molar-refractivity contribution in [2.24, 2.45) is 0 Å². The summed E-state index contributed by atoms with van der Waals surface area (Å²) >= 11 is 0. The summed E-state index contributed by atoms with van der Waals surface area (Å²) in [5, 5.41) is 6.13. The summed E-state index contributed by atoms with van der Waals surface area (Å²) in [4.78, 5) is 16.9. The van der Waals surface area contributed by atoms with E-state index in [2.05, 4.69) is 30.6 Å². The van der Waals surface area contributed by atoms with E-state index in [1.807, 2.05) is 19.9 Å². The fraction of sp³-hybridized carbons (Fsp3) is 0.176.